The van der Waals surface area contributed by atoms with Crippen LogP contribution in [0.4, 0.5) is 0 Å². The van der Waals surface area contributed by atoms with E-state index in [-0.39, 0.29) is 5.91 Å². The minimum Gasteiger partial charge on any atom is -0.493 e. The Hall–Kier alpha value is -3.26. The molecule has 0 aliphatic carbocycles. The van der Waals surface area contributed by atoms with Crippen LogP contribution in [0.3, 0.4) is 0 Å². The molecule has 0 atom stereocenters. The van der Waals surface area contributed by atoms with Gasteiger partial charge in [0.1, 0.15) is 6.61 Å². The van der Waals surface area contributed by atoms with Gasteiger partial charge in [0, 0.05) is 12.1 Å². The normalized spacial score (nSPS) is 9.67. The van der Waals surface area contributed by atoms with Crippen LogP contribution in [0.5, 0.6) is 11.5 Å². The highest BCUT2D eigenvalue weighted by Crippen LogP contribution is 2.28. The van der Waals surface area contributed by atoms with Crippen molar-refractivity contribution >= 4 is 5.91 Å². The predicted octanol–water partition coefficient (Wildman–Crippen LogP) is 3.06. The minimum absolute atomic E-state index is 0.231. The third kappa shape index (κ3) is 4.37. The van der Waals surface area contributed by atoms with Crippen LogP contribution in [0.1, 0.15) is 21.5 Å². The van der Waals surface area contributed by atoms with Gasteiger partial charge in [0.25, 0.3) is 5.91 Å². The Kier molecular flexibility index (Phi) is 5.98. The number of amides is 1. The van der Waals surface area contributed by atoms with Crippen molar-refractivity contribution in [2.75, 3.05) is 13.7 Å². The highest BCUT2D eigenvalue weighted by molar-refractivity contribution is 5.94. The maximum absolute atomic E-state index is 12.3. The Bertz CT molecular complexity index is 778. The van der Waals surface area contributed by atoms with Crippen LogP contribution < -0.4 is 14.8 Å². The van der Waals surface area contributed by atoms with Crippen LogP contribution in [-0.2, 0) is 6.54 Å². The van der Waals surface area contributed by atoms with Gasteiger partial charge >= 0.3 is 0 Å². The van der Waals surface area contributed by atoms with Gasteiger partial charge in [-0.25, -0.2) is 0 Å². The van der Waals surface area contributed by atoms with Gasteiger partial charge in [-0.2, -0.15) is 5.26 Å². The Labute approximate surface area is 141 Å². The highest BCUT2D eigenvalue weighted by atomic mass is 16.5. The molecule has 0 aliphatic rings. The molecule has 24 heavy (non-hydrogen) atoms. The fourth-order valence-electron chi connectivity index (χ4n) is 2.11. The molecule has 0 unspecified atom stereocenters. The Morgan fingerprint density at radius 3 is 2.83 bits per heavy atom. The third-order valence-corrected chi connectivity index (χ3v) is 3.29. The van der Waals surface area contributed by atoms with Crippen molar-refractivity contribution < 1.29 is 14.3 Å². The zero-order chi connectivity index (χ0) is 17.4. The number of rotatable bonds is 7. The fraction of sp³-hybridized carbons (Fsp3) is 0.158. The largest absolute Gasteiger partial charge is 0.493 e. The number of ether oxygens (including phenoxy) is 2. The Balaban J connectivity index is 2.06. The van der Waals surface area contributed by atoms with Gasteiger partial charge in [0.15, 0.2) is 11.5 Å². The fourth-order valence-corrected chi connectivity index (χ4v) is 2.11. The van der Waals surface area contributed by atoms with Crippen molar-refractivity contribution in [2.45, 2.75) is 6.54 Å². The molecule has 0 aromatic heterocycles. The second-order valence-electron chi connectivity index (χ2n) is 4.96. The maximum Gasteiger partial charge on any atom is 0.251 e. The number of carbonyl (C=O) groups is 1. The topological polar surface area (TPSA) is 71.3 Å². The van der Waals surface area contributed by atoms with Crippen molar-refractivity contribution in [3.8, 4) is 17.6 Å². The van der Waals surface area contributed by atoms with Crippen molar-refractivity contribution in [3.05, 3.63) is 71.8 Å². The molecule has 0 fully saturated rings. The molecule has 0 bridgehead atoms. The van der Waals surface area contributed by atoms with Crippen molar-refractivity contribution in [1.82, 2.24) is 5.32 Å². The average Bonchev–Trinajstić information content (AvgIpc) is 2.64. The quantitative estimate of drug-likeness (QED) is 0.795. The molecular formula is C19H18N2O3. The number of nitrogens with zero attached hydrogens (tertiary/aromatic N) is 1. The van der Waals surface area contributed by atoms with E-state index in [0.29, 0.717) is 35.8 Å². The SMILES string of the molecule is C=CCOc1ccc(C(=O)NCc2cccc(C#N)c2)cc1OC. The molecule has 0 radical (unpaired) electrons. The van der Waals surface area contributed by atoms with Crippen LogP contribution in [0.15, 0.2) is 55.1 Å². The number of benzene rings is 2. The average molecular weight is 322 g/mol. The number of hydrogen-bond donors (Lipinski definition) is 1. The van der Waals surface area contributed by atoms with Crippen LogP contribution >= 0.6 is 0 Å². The molecule has 0 heterocycles. The maximum atomic E-state index is 12.3. The van der Waals surface area contributed by atoms with E-state index >= 15 is 0 Å². The second kappa shape index (κ2) is 8.39. The van der Waals surface area contributed by atoms with Gasteiger partial charge in [0.2, 0.25) is 0 Å². The molecule has 122 valence electrons. The molecule has 0 spiro atoms. The van der Waals surface area contributed by atoms with Crippen LogP contribution in [0, 0.1) is 11.3 Å². The molecule has 1 N–H and O–H groups in total. The molecule has 1 amide bonds. The summed E-state index contributed by atoms with van der Waals surface area (Å²) in [5.74, 6) is 0.803. The zero-order valence-corrected chi connectivity index (χ0v) is 13.4. The lowest BCUT2D eigenvalue weighted by atomic mass is 10.1. The highest BCUT2D eigenvalue weighted by Gasteiger charge is 2.11. The molecule has 2 rings (SSSR count). The monoisotopic (exact) mass is 322 g/mol. The first kappa shape index (κ1) is 17.1. The number of nitriles is 1. The molecule has 5 nitrogen and oxygen atoms in total. The summed E-state index contributed by atoms with van der Waals surface area (Å²) in [5.41, 5.74) is 1.89. The Morgan fingerprint density at radius 2 is 2.12 bits per heavy atom. The standard InChI is InChI=1S/C19H18N2O3/c1-3-9-24-17-8-7-16(11-18(17)23-2)19(22)21-13-15-6-4-5-14(10-15)12-20/h3-8,10-11H,1,9,13H2,2H3,(H,21,22). The number of carbonyl (C=O) groups excluding carboxylic acids is 1. The van der Waals surface area contributed by atoms with Crippen molar-refractivity contribution in [1.29, 1.82) is 5.26 Å². The lowest BCUT2D eigenvalue weighted by molar-refractivity contribution is 0.0950. The molecule has 0 saturated carbocycles. The molecule has 2 aromatic rings. The van der Waals surface area contributed by atoms with Crippen molar-refractivity contribution in [3.63, 3.8) is 0 Å². The summed E-state index contributed by atoms with van der Waals surface area (Å²) in [6, 6.07) is 14.2. The van der Waals surface area contributed by atoms with E-state index in [1.165, 1.54) is 7.11 Å². The molecular weight excluding hydrogens is 304 g/mol. The summed E-state index contributed by atoms with van der Waals surface area (Å²) in [4.78, 5) is 12.3. The predicted molar refractivity (Wildman–Crippen MR) is 91.0 cm³/mol. The van der Waals surface area contributed by atoms with E-state index in [1.807, 2.05) is 6.07 Å². The summed E-state index contributed by atoms with van der Waals surface area (Å²) in [6.45, 7) is 4.29. The first-order chi connectivity index (χ1) is 11.7. The molecule has 0 saturated heterocycles. The minimum atomic E-state index is -0.231. The van der Waals surface area contributed by atoms with Gasteiger partial charge < -0.3 is 14.8 Å². The first-order valence-corrected chi connectivity index (χ1v) is 7.37. The van der Waals surface area contributed by atoms with E-state index in [1.54, 1.807) is 42.5 Å². The molecule has 2 aromatic carbocycles. The second-order valence-corrected chi connectivity index (χ2v) is 4.96. The summed E-state index contributed by atoms with van der Waals surface area (Å²) >= 11 is 0. The third-order valence-electron chi connectivity index (χ3n) is 3.29. The number of hydrogen-bond acceptors (Lipinski definition) is 4. The zero-order valence-electron chi connectivity index (χ0n) is 13.4. The van der Waals surface area contributed by atoms with E-state index < -0.39 is 0 Å². The lowest BCUT2D eigenvalue weighted by Gasteiger charge is -2.11. The van der Waals surface area contributed by atoms with Gasteiger partial charge in [0.05, 0.1) is 18.7 Å². The van der Waals surface area contributed by atoms with Crippen LogP contribution in [0.25, 0.3) is 0 Å². The smallest absolute Gasteiger partial charge is 0.251 e. The first-order valence-electron chi connectivity index (χ1n) is 7.37. The van der Waals surface area contributed by atoms with E-state index in [4.69, 9.17) is 14.7 Å². The van der Waals surface area contributed by atoms with Crippen molar-refractivity contribution in [2.24, 2.45) is 0 Å². The molecule has 5 heteroatoms. The van der Waals surface area contributed by atoms with Gasteiger partial charge in [-0.3, -0.25) is 4.79 Å². The summed E-state index contributed by atoms with van der Waals surface area (Å²) in [7, 11) is 1.52. The summed E-state index contributed by atoms with van der Waals surface area (Å²) in [6.07, 6.45) is 1.63. The summed E-state index contributed by atoms with van der Waals surface area (Å²) < 4.78 is 10.7. The van der Waals surface area contributed by atoms with Gasteiger partial charge in [-0.1, -0.05) is 24.8 Å². The Morgan fingerprint density at radius 1 is 1.29 bits per heavy atom. The van der Waals surface area contributed by atoms with E-state index in [0.717, 1.165) is 5.56 Å². The summed E-state index contributed by atoms with van der Waals surface area (Å²) in [5, 5.41) is 11.7. The number of methoxy groups -OCH3 is 1. The number of nitrogens with one attached hydrogen (secondary N) is 1. The lowest BCUT2D eigenvalue weighted by Crippen LogP contribution is -2.22. The van der Waals surface area contributed by atoms with Gasteiger partial charge in [-0.15, -0.1) is 0 Å². The van der Waals surface area contributed by atoms with Crippen LogP contribution in [-0.4, -0.2) is 19.6 Å². The molecule has 0 aliphatic heterocycles. The van der Waals surface area contributed by atoms with Crippen LogP contribution in [0.2, 0.25) is 0 Å². The van der Waals surface area contributed by atoms with E-state index in [2.05, 4.69) is 18.0 Å². The van der Waals surface area contributed by atoms with E-state index in [9.17, 15) is 4.79 Å². The van der Waals surface area contributed by atoms with Gasteiger partial charge in [-0.05, 0) is 35.9 Å².